The number of aryl methyl sites for hydroxylation is 1. The van der Waals surface area contributed by atoms with E-state index in [0.29, 0.717) is 11.3 Å². The molecule has 1 unspecified atom stereocenters. The van der Waals surface area contributed by atoms with Crippen LogP contribution in [0.4, 0.5) is 0 Å². The molecule has 0 saturated carbocycles. The lowest BCUT2D eigenvalue weighted by molar-refractivity contribution is 0.581. The minimum atomic E-state index is -3.58. The highest BCUT2D eigenvalue weighted by molar-refractivity contribution is 7.89. The summed E-state index contributed by atoms with van der Waals surface area (Å²) in [5.41, 5.74) is 2.67. The van der Waals surface area contributed by atoms with Crippen LogP contribution in [0.5, 0.6) is 0 Å². The summed E-state index contributed by atoms with van der Waals surface area (Å²) in [5.74, 6) is 0.110. The Balaban J connectivity index is 3.55. The van der Waals surface area contributed by atoms with Crippen LogP contribution in [0, 0.1) is 11.3 Å². The fourth-order valence-electron chi connectivity index (χ4n) is 2.52. The minimum Gasteiger partial charge on any atom is -0.207 e. The van der Waals surface area contributed by atoms with Crippen LogP contribution in [0.25, 0.3) is 0 Å². The molecule has 0 aliphatic rings. The van der Waals surface area contributed by atoms with Crippen LogP contribution in [0.3, 0.4) is 0 Å². The minimum absolute atomic E-state index is 0.110. The second-order valence-electron chi connectivity index (χ2n) is 5.69. The third-order valence-corrected chi connectivity index (χ3v) is 5.45. The molecule has 126 valence electrons. The number of nitriles is 1. The Labute approximate surface area is 140 Å². The van der Waals surface area contributed by atoms with Crippen LogP contribution < -0.4 is 4.72 Å². The van der Waals surface area contributed by atoms with Gasteiger partial charge in [0, 0.05) is 6.54 Å². The Bertz CT molecular complexity index is 688. The van der Waals surface area contributed by atoms with Crippen molar-refractivity contribution in [3.8, 4) is 6.07 Å². The number of hydrogen-bond donors (Lipinski definition) is 1. The van der Waals surface area contributed by atoms with Crippen LogP contribution in [-0.4, -0.2) is 15.0 Å². The quantitative estimate of drug-likeness (QED) is 0.700. The first-order valence-corrected chi connectivity index (χ1v) is 9.52. The van der Waals surface area contributed by atoms with E-state index in [1.807, 2.05) is 26.8 Å². The number of nitrogens with one attached hydrogen (secondary N) is 1. The zero-order chi connectivity index (χ0) is 17.5. The van der Waals surface area contributed by atoms with Gasteiger partial charge >= 0.3 is 0 Å². The van der Waals surface area contributed by atoms with E-state index in [2.05, 4.69) is 17.4 Å². The van der Waals surface area contributed by atoms with Crippen LogP contribution in [-0.2, 0) is 22.9 Å². The molecule has 0 aromatic heterocycles. The lowest BCUT2D eigenvalue weighted by Crippen LogP contribution is -2.25. The van der Waals surface area contributed by atoms with Crippen molar-refractivity contribution in [1.82, 2.24) is 4.72 Å². The van der Waals surface area contributed by atoms with Crippen molar-refractivity contribution in [1.29, 1.82) is 5.26 Å². The SMILES string of the molecule is C=CCNS(=O)(=O)c1cc(CCC)c(CC#N)cc1C(C)CC. The second kappa shape index (κ2) is 8.85. The Morgan fingerprint density at radius 1 is 1.35 bits per heavy atom. The zero-order valence-electron chi connectivity index (χ0n) is 14.2. The molecule has 1 rings (SSSR count). The van der Waals surface area contributed by atoms with Gasteiger partial charge in [-0.2, -0.15) is 5.26 Å². The molecule has 0 radical (unpaired) electrons. The largest absolute Gasteiger partial charge is 0.241 e. The highest BCUT2D eigenvalue weighted by Gasteiger charge is 2.22. The molecule has 0 spiro atoms. The van der Waals surface area contributed by atoms with Crippen LogP contribution in [0.1, 0.15) is 56.2 Å². The monoisotopic (exact) mass is 334 g/mol. The molecule has 0 fully saturated rings. The van der Waals surface area contributed by atoms with Crippen molar-refractivity contribution < 1.29 is 8.42 Å². The number of benzene rings is 1. The molecule has 0 aliphatic carbocycles. The third-order valence-electron chi connectivity index (χ3n) is 3.97. The van der Waals surface area contributed by atoms with E-state index in [9.17, 15) is 8.42 Å². The molecule has 23 heavy (non-hydrogen) atoms. The van der Waals surface area contributed by atoms with Gasteiger partial charge in [0.05, 0.1) is 17.4 Å². The van der Waals surface area contributed by atoms with Crippen molar-refractivity contribution in [3.63, 3.8) is 0 Å². The van der Waals surface area contributed by atoms with E-state index in [0.717, 1.165) is 36.0 Å². The first-order chi connectivity index (χ1) is 10.9. The van der Waals surface area contributed by atoms with Gasteiger partial charge < -0.3 is 0 Å². The fourth-order valence-corrected chi connectivity index (χ4v) is 3.88. The smallest absolute Gasteiger partial charge is 0.207 e. The van der Waals surface area contributed by atoms with E-state index in [1.54, 1.807) is 6.07 Å². The maximum absolute atomic E-state index is 12.6. The van der Waals surface area contributed by atoms with Crippen LogP contribution in [0.15, 0.2) is 29.7 Å². The number of nitrogens with zero attached hydrogens (tertiary/aromatic N) is 1. The first kappa shape index (κ1) is 19.4. The Hall–Kier alpha value is -1.64. The molecular weight excluding hydrogens is 308 g/mol. The maximum Gasteiger partial charge on any atom is 0.241 e. The predicted octanol–water partition coefficient (Wildman–Crippen LogP) is 3.68. The summed E-state index contributed by atoms with van der Waals surface area (Å²) < 4.78 is 27.8. The van der Waals surface area contributed by atoms with E-state index >= 15 is 0 Å². The Kier molecular flexibility index (Phi) is 7.47. The van der Waals surface area contributed by atoms with Crippen LogP contribution in [0.2, 0.25) is 0 Å². The number of sulfonamides is 1. The molecule has 5 heteroatoms. The molecule has 1 aromatic rings. The average molecular weight is 334 g/mol. The zero-order valence-corrected chi connectivity index (χ0v) is 15.0. The van der Waals surface area contributed by atoms with E-state index in [4.69, 9.17) is 5.26 Å². The Morgan fingerprint density at radius 2 is 2.04 bits per heavy atom. The molecule has 1 aromatic carbocycles. The van der Waals surface area contributed by atoms with Crippen molar-refractivity contribution in [2.75, 3.05) is 6.54 Å². The standard InChI is InChI=1S/C18H26N2O2S/c1-5-8-15-13-18(23(21,22)20-11-6-2)17(14(4)7-3)12-16(15)9-10-19/h6,12-14,20H,2,5,7-9,11H2,1,3-4H3. The van der Waals surface area contributed by atoms with Gasteiger partial charge in [-0.25, -0.2) is 13.1 Å². The first-order valence-electron chi connectivity index (χ1n) is 8.04. The maximum atomic E-state index is 12.6. The van der Waals surface area contributed by atoms with Crippen molar-refractivity contribution in [2.24, 2.45) is 0 Å². The molecule has 1 N–H and O–H groups in total. The fraction of sp³-hybridized carbons (Fsp3) is 0.500. The van der Waals surface area contributed by atoms with Gasteiger partial charge in [0.1, 0.15) is 0 Å². The summed E-state index contributed by atoms with van der Waals surface area (Å²) in [6.45, 7) is 9.84. The van der Waals surface area contributed by atoms with Crippen LogP contribution >= 0.6 is 0 Å². The molecule has 0 aliphatic heterocycles. The molecule has 4 nitrogen and oxygen atoms in total. The molecule has 0 saturated heterocycles. The van der Waals surface area contributed by atoms with Gasteiger partial charge in [-0.3, -0.25) is 0 Å². The summed E-state index contributed by atoms with van der Waals surface area (Å²) >= 11 is 0. The predicted molar refractivity (Wildman–Crippen MR) is 93.8 cm³/mol. The van der Waals surface area contributed by atoms with E-state index in [-0.39, 0.29) is 12.5 Å². The van der Waals surface area contributed by atoms with Crippen molar-refractivity contribution in [2.45, 2.75) is 57.3 Å². The highest BCUT2D eigenvalue weighted by Crippen LogP contribution is 2.30. The Morgan fingerprint density at radius 3 is 2.57 bits per heavy atom. The van der Waals surface area contributed by atoms with Gasteiger partial charge in [0.15, 0.2) is 0 Å². The van der Waals surface area contributed by atoms with Gasteiger partial charge in [0.2, 0.25) is 10.0 Å². The van der Waals surface area contributed by atoms with Crippen molar-refractivity contribution >= 4 is 10.0 Å². The lowest BCUT2D eigenvalue weighted by Gasteiger charge is -2.19. The number of rotatable bonds is 9. The molecule has 0 amide bonds. The summed E-state index contributed by atoms with van der Waals surface area (Å²) in [6, 6.07) is 5.84. The average Bonchev–Trinajstić information content (AvgIpc) is 2.53. The van der Waals surface area contributed by atoms with E-state index < -0.39 is 10.0 Å². The summed E-state index contributed by atoms with van der Waals surface area (Å²) in [4.78, 5) is 0.332. The normalized spacial score (nSPS) is 12.6. The topological polar surface area (TPSA) is 70.0 Å². The van der Waals surface area contributed by atoms with Gasteiger partial charge in [-0.1, -0.05) is 39.3 Å². The molecule has 0 bridgehead atoms. The molecule has 1 atom stereocenters. The highest BCUT2D eigenvalue weighted by atomic mass is 32.2. The van der Waals surface area contributed by atoms with Gasteiger partial charge in [0.25, 0.3) is 0 Å². The van der Waals surface area contributed by atoms with Gasteiger partial charge in [-0.15, -0.1) is 6.58 Å². The van der Waals surface area contributed by atoms with E-state index in [1.165, 1.54) is 6.08 Å². The second-order valence-corrected chi connectivity index (χ2v) is 7.43. The molecule has 0 heterocycles. The van der Waals surface area contributed by atoms with Crippen molar-refractivity contribution in [3.05, 3.63) is 41.5 Å². The van der Waals surface area contributed by atoms with Gasteiger partial charge in [-0.05, 0) is 41.5 Å². The summed E-state index contributed by atoms with van der Waals surface area (Å²) in [5, 5.41) is 9.05. The lowest BCUT2D eigenvalue weighted by atomic mass is 9.92. The number of hydrogen-bond acceptors (Lipinski definition) is 3. The summed E-state index contributed by atoms with van der Waals surface area (Å²) in [6.07, 6.45) is 4.34. The third kappa shape index (κ3) is 4.92. The molecular formula is C18H26N2O2S. The summed E-state index contributed by atoms with van der Waals surface area (Å²) in [7, 11) is -3.58.